The van der Waals surface area contributed by atoms with Crippen LogP contribution in [0.4, 0.5) is 0 Å². The van der Waals surface area contributed by atoms with Crippen molar-refractivity contribution in [1.82, 2.24) is 24.1 Å². The van der Waals surface area contributed by atoms with Gasteiger partial charge in [0.25, 0.3) is 0 Å². The Morgan fingerprint density at radius 2 is 0.879 bits per heavy atom. The summed E-state index contributed by atoms with van der Waals surface area (Å²) in [6.07, 6.45) is 0. The molecule has 0 amide bonds. The predicted molar refractivity (Wildman–Crippen MR) is 275 cm³/mol. The van der Waals surface area contributed by atoms with Gasteiger partial charge in [-0.2, -0.15) is 0 Å². The lowest BCUT2D eigenvalue weighted by Crippen LogP contribution is -2.01. The maximum absolute atomic E-state index is 5.25. The molecule has 0 saturated heterocycles. The second-order valence-corrected chi connectivity index (χ2v) is 17.2. The minimum Gasteiger partial charge on any atom is -0.309 e. The van der Waals surface area contributed by atoms with Gasteiger partial charge in [-0.05, 0) is 86.2 Å². The number of benzene rings is 11. The molecule has 0 spiro atoms. The Balaban J connectivity index is 1.03. The van der Waals surface area contributed by atoms with Gasteiger partial charge in [-0.25, -0.2) is 15.0 Å². The minimum atomic E-state index is 0.630. The van der Waals surface area contributed by atoms with Gasteiger partial charge in [-0.15, -0.1) is 0 Å². The molecular formula is C61H37N5. The van der Waals surface area contributed by atoms with Crippen molar-refractivity contribution in [3.63, 3.8) is 0 Å². The SMILES string of the molecule is c1ccc(-c2nc(-c3ccc4ccccc4c3)nc(-c3cccc4c(-n5c6ccccc6c6cc7c8c9ccccc9ccc8n(-c8ccc9ccccc9c8)c7cc65)cccc34)n2)cc1. The van der Waals surface area contributed by atoms with Gasteiger partial charge in [0, 0.05) is 49.3 Å². The molecule has 3 aromatic heterocycles. The molecule has 0 saturated carbocycles. The number of aromatic nitrogens is 5. The zero-order chi connectivity index (χ0) is 43.3. The number of nitrogens with zero attached hydrogens (tertiary/aromatic N) is 5. The largest absolute Gasteiger partial charge is 0.309 e. The van der Waals surface area contributed by atoms with Crippen LogP contribution in [-0.2, 0) is 0 Å². The number of para-hydroxylation sites is 1. The van der Waals surface area contributed by atoms with E-state index in [4.69, 9.17) is 15.0 Å². The van der Waals surface area contributed by atoms with E-state index in [1.54, 1.807) is 0 Å². The third kappa shape index (κ3) is 5.57. The fourth-order valence-electron chi connectivity index (χ4n) is 10.5. The molecule has 0 bridgehead atoms. The molecule has 0 fully saturated rings. The van der Waals surface area contributed by atoms with E-state index >= 15 is 0 Å². The molecule has 0 aliphatic rings. The number of hydrogen-bond donors (Lipinski definition) is 0. The second-order valence-electron chi connectivity index (χ2n) is 17.2. The normalized spacial score (nSPS) is 11.9. The molecule has 14 aromatic rings. The Bertz CT molecular complexity index is 4290. The van der Waals surface area contributed by atoms with Crippen LogP contribution in [0.5, 0.6) is 0 Å². The Morgan fingerprint density at radius 3 is 1.71 bits per heavy atom. The summed E-state index contributed by atoms with van der Waals surface area (Å²) >= 11 is 0. The van der Waals surface area contributed by atoms with Gasteiger partial charge in [0.15, 0.2) is 17.5 Å². The first-order chi connectivity index (χ1) is 32.7. The first kappa shape index (κ1) is 36.5. The van der Waals surface area contributed by atoms with E-state index in [0.29, 0.717) is 17.5 Å². The molecule has 306 valence electrons. The van der Waals surface area contributed by atoms with E-state index in [9.17, 15) is 0 Å². The highest BCUT2D eigenvalue weighted by molar-refractivity contribution is 6.25. The topological polar surface area (TPSA) is 48.5 Å². The van der Waals surface area contributed by atoms with Crippen LogP contribution in [0.2, 0.25) is 0 Å². The van der Waals surface area contributed by atoms with Crippen molar-refractivity contribution in [2.24, 2.45) is 0 Å². The Kier molecular flexibility index (Phi) is 7.91. The van der Waals surface area contributed by atoms with Crippen LogP contribution in [0.1, 0.15) is 0 Å². The first-order valence-electron chi connectivity index (χ1n) is 22.4. The van der Waals surface area contributed by atoms with Crippen molar-refractivity contribution in [1.29, 1.82) is 0 Å². The van der Waals surface area contributed by atoms with E-state index in [0.717, 1.165) is 60.8 Å². The maximum Gasteiger partial charge on any atom is 0.164 e. The molecular weight excluding hydrogens is 803 g/mol. The van der Waals surface area contributed by atoms with Crippen molar-refractivity contribution in [3.05, 3.63) is 224 Å². The highest BCUT2D eigenvalue weighted by atomic mass is 15.0. The molecule has 3 heterocycles. The van der Waals surface area contributed by atoms with Crippen LogP contribution >= 0.6 is 0 Å². The van der Waals surface area contributed by atoms with E-state index < -0.39 is 0 Å². The van der Waals surface area contributed by atoms with Crippen molar-refractivity contribution in [3.8, 4) is 45.5 Å². The van der Waals surface area contributed by atoms with Crippen LogP contribution < -0.4 is 0 Å². The summed E-state index contributed by atoms with van der Waals surface area (Å²) in [5, 5.41) is 14.3. The Morgan fingerprint density at radius 1 is 0.273 bits per heavy atom. The summed E-state index contributed by atoms with van der Waals surface area (Å²) in [6.45, 7) is 0. The number of fused-ring (bicyclic) bond motifs is 11. The zero-order valence-corrected chi connectivity index (χ0v) is 35.6. The van der Waals surface area contributed by atoms with Gasteiger partial charge in [0.1, 0.15) is 0 Å². The lowest BCUT2D eigenvalue weighted by molar-refractivity contribution is 1.08. The molecule has 14 rings (SSSR count). The quantitative estimate of drug-likeness (QED) is 0.173. The van der Waals surface area contributed by atoms with Gasteiger partial charge in [0.2, 0.25) is 0 Å². The molecule has 0 aliphatic heterocycles. The number of hydrogen-bond acceptors (Lipinski definition) is 3. The Hall–Kier alpha value is -8.93. The van der Waals surface area contributed by atoms with Crippen molar-refractivity contribution >= 4 is 86.7 Å². The molecule has 11 aromatic carbocycles. The summed E-state index contributed by atoms with van der Waals surface area (Å²) in [5.41, 5.74) is 9.69. The highest BCUT2D eigenvalue weighted by Crippen LogP contribution is 2.43. The molecule has 66 heavy (non-hydrogen) atoms. The van der Waals surface area contributed by atoms with Gasteiger partial charge >= 0.3 is 0 Å². The average Bonchev–Trinajstić information content (AvgIpc) is 3.89. The van der Waals surface area contributed by atoms with Gasteiger partial charge in [0.05, 0.1) is 27.8 Å². The van der Waals surface area contributed by atoms with Crippen LogP contribution in [0.3, 0.4) is 0 Å². The van der Waals surface area contributed by atoms with Crippen LogP contribution in [-0.4, -0.2) is 24.1 Å². The molecule has 0 N–H and O–H groups in total. The number of rotatable bonds is 5. The van der Waals surface area contributed by atoms with E-state index in [-0.39, 0.29) is 0 Å². The third-order valence-electron chi connectivity index (χ3n) is 13.5. The van der Waals surface area contributed by atoms with Crippen molar-refractivity contribution in [2.75, 3.05) is 0 Å². The summed E-state index contributed by atoms with van der Waals surface area (Å²) in [7, 11) is 0. The van der Waals surface area contributed by atoms with E-state index in [1.165, 1.54) is 54.0 Å². The zero-order valence-electron chi connectivity index (χ0n) is 35.6. The third-order valence-corrected chi connectivity index (χ3v) is 13.5. The minimum absolute atomic E-state index is 0.630. The fraction of sp³-hybridized carbons (Fsp3) is 0. The monoisotopic (exact) mass is 839 g/mol. The fourth-order valence-corrected chi connectivity index (χ4v) is 10.5. The molecule has 0 radical (unpaired) electrons. The standard InChI is InChI=1S/C61H37N5/c1-2-17-41(18-3-1)59-62-60(44-29-28-38-14-4-6-19-42(38)34-44)64-61(63-59)50-25-12-24-48-47(50)23-13-27-54(48)66-53-26-11-10-22-49(53)51-36-52-57(37-56(51)66)65(45-32-30-39-15-5-7-20-43(39)35-45)55-33-31-40-16-8-9-21-46(40)58(52)55/h1-37H. The first-order valence-corrected chi connectivity index (χ1v) is 22.4. The molecule has 0 aliphatic carbocycles. The molecule has 0 unspecified atom stereocenters. The van der Waals surface area contributed by atoms with Gasteiger partial charge in [-0.1, -0.05) is 176 Å². The molecule has 5 heteroatoms. The highest BCUT2D eigenvalue weighted by Gasteiger charge is 2.22. The maximum atomic E-state index is 5.25. The lowest BCUT2D eigenvalue weighted by Gasteiger charge is -2.15. The van der Waals surface area contributed by atoms with Crippen molar-refractivity contribution in [2.45, 2.75) is 0 Å². The summed E-state index contributed by atoms with van der Waals surface area (Å²) < 4.78 is 4.92. The molecule has 0 atom stereocenters. The summed E-state index contributed by atoms with van der Waals surface area (Å²) in [5.74, 6) is 1.91. The predicted octanol–water partition coefficient (Wildman–Crippen LogP) is 15.7. The smallest absolute Gasteiger partial charge is 0.164 e. The Labute approximate surface area is 379 Å². The van der Waals surface area contributed by atoms with Crippen LogP contribution in [0.15, 0.2) is 224 Å². The van der Waals surface area contributed by atoms with E-state index in [2.05, 4.69) is 215 Å². The second kappa shape index (κ2) is 14.3. The lowest BCUT2D eigenvalue weighted by atomic mass is 10.0. The van der Waals surface area contributed by atoms with Gasteiger partial charge in [-0.3, -0.25) is 0 Å². The average molecular weight is 840 g/mol. The summed E-state index contributed by atoms with van der Waals surface area (Å²) in [4.78, 5) is 15.5. The van der Waals surface area contributed by atoms with Crippen LogP contribution in [0.25, 0.3) is 132 Å². The van der Waals surface area contributed by atoms with Crippen molar-refractivity contribution < 1.29 is 0 Å². The van der Waals surface area contributed by atoms with E-state index in [1.807, 2.05) is 18.2 Å². The van der Waals surface area contributed by atoms with Crippen LogP contribution in [0, 0.1) is 0 Å². The molecule has 5 nitrogen and oxygen atoms in total. The van der Waals surface area contributed by atoms with Gasteiger partial charge < -0.3 is 9.13 Å². The summed E-state index contributed by atoms with van der Waals surface area (Å²) in [6, 6.07) is 80.6.